The number of hydrogen-bond acceptors (Lipinski definition) is 5. The summed E-state index contributed by atoms with van der Waals surface area (Å²) in [4.78, 5) is 11.7. The Morgan fingerprint density at radius 3 is 1.71 bits per heavy atom. The Labute approximate surface area is 169 Å². The second-order valence-electron chi connectivity index (χ2n) is 7.47. The van der Waals surface area contributed by atoms with Gasteiger partial charge in [-0.15, -0.1) is 10.2 Å². The fraction of sp³-hybridized carbons (Fsp3) is 0.350. The van der Waals surface area contributed by atoms with Crippen LogP contribution in [0.4, 0.5) is 0 Å². The number of nitrogen functional groups attached to an aromatic ring is 1. The molecule has 0 atom stereocenters. The summed E-state index contributed by atoms with van der Waals surface area (Å²) in [6.07, 6.45) is 10.0. The topological polar surface area (TPSA) is 81.6 Å². The number of aromatic nitrogens is 5. The van der Waals surface area contributed by atoms with Crippen LogP contribution in [0.2, 0.25) is 0 Å². The summed E-state index contributed by atoms with van der Waals surface area (Å²) >= 11 is 1.29. The Morgan fingerprint density at radius 2 is 1.36 bits per heavy atom. The van der Waals surface area contributed by atoms with Gasteiger partial charge in [-0.1, -0.05) is 32.5 Å². The Kier molecular flexibility index (Phi) is 6.90. The molecule has 0 aliphatic rings. The zero-order valence-electron chi connectivity index (χ0n) is 17.2. The highest BCUT2D eigenvalue weighted by Crippen LogP contribution is 2.16. The molecule has 0 aliphatic carbocycles. The van der Waals surface area contributed by atoms with Gasteiger partial charge in [-0.25, -0.2) is 9.13 Å². The lowest BCUT2D eigenvalue weighted by molar-refractivity contribution is -0.671. The highest BCUT2D eigenvalue weighted by atomic mass is 32.2. The van der Waals surface area contributed by atoms with E-state index < -0.39 is 0 Å². The molecule has 0 amide bonds. The third kappa shape index (κ3) is 5.39. The first-order valence-corrected chi connectivity index (χ1v) is 10.1. The summed E-state index contributed by atoms with van der Waals surface area (Å²) in [6, 6.07) is 8.48. The van der Waals surface area contributed by atoms with Crippen LogP contribution in [-0.2, 0) is 19.5 Å². The molecule has 0 saturated carbocycles. The third-order valence-electron chi connectivity index (χ3n) is 4.05. The Hall–Kier alpha value is -2.74. The summed E-state index contributed by atoms with van der Waals surface area (Å²) in [6.45, 7) is 5.70. The molecule has 0 aromatic carbocycles. The highest BCUT2D eigenvalue weighted by molar-refractivity contribution is 7.98. The highest BCUT2D eigenvalue weighted by Gasteiger charge is 2.22. The van der Waals surface area contributed by atoms with Gasteiger partial charge in [0.25, 0.3) is 5.56 Å². The maximum absolute atomic E-state index is 11.7. The van der Waals surface area contributed by atoms with E-state index in [2.05, 4.69) is 59.3 Å². The summed E-state index contributed by atoms with van der Waals surface area (Å²) in [5.74, 6) is 5.57. The van der Waals surface area contributed by atoms with Gasteiger partial charge in [0.1, 0.15) is 19.8 Å². The van der Waals surface area contributed by atoms with Crippen LogP contribution in [-0.4, -0.2) is 21.1 Å². The molecule has 0 fully saturated rings. The maximum Gasteiger partial charge on any atom is 0.295 e. The van der Waals surface area contributed by atoms with Crippen LogP contribution in [0.5, 0.6) is 0 Å². The average molecular weight is 401 g/mol. The van der Waals surface area contributed by atoms with Gasteiger partial charge in [0.15, 0.2) is 24.8 Å². The van der Waals surface area contributed by atoms with E-state index in [1.54, 1.807) is 6.26 Å². The minimum absolute atomic E-state index is 0.281. The molecule has 8 heteroatoms. The van der Waals surface area contributed by atoms with Crippen molar-refractivity contribution in [1.29, 1.82) is 0 Å². The van der Waals surface area contributed by atoms with E-state index in [0.29, 0.717) is 10.9 Å². The Morgan fingerprint density at radius 1 is 0.929 bits per heavy atom. The van der Waals surface area contributed by atoms with Crippen LogP contribution in [0.15, 0.2) is 59.0 Å². The maximum atomic E-state index is 11.7. The molecule has 0 saturated heterocycles. The Bertz CT molecular complexity index is 932. The quantitative estimate of drug-likeness (QED) is 0.399. The molecule has 0 radical (unpaired) electrons. The fourth-order valence-electron chi connectivity index (χ4n) is 2.38. The lowest BCUT2D eigenvalue weighted by Gasteiger charge is -2.16. The molecule has 0 bridgehead atoms. The molecule has 0 unspecified atom stereocenters. The minimum Gasteiger partial charge on any atom is -0.334 e. The number of aryl methyl sites for hydroxylation is 2. The molecule has 3 aromatic rings. The van der Waals surface area contributed by atoms with Crippen LogP contribution < -0.4 is 20.5 Å². The summed E-state index contributed by atoms with van der Waals surface area (Å²) in [7, 11) is 4.05. The average Bonchev–Trinajstić information content (AvgIpc) is 2.65. The van der Waals surface area contributed by atoms with Gasteiger partial charge in [-0.3, -0.25) is 4.79 Å². The summed E-state index contributed by atoms with van der Waals surface area (Å²) < 4.78 is 5.11. The lowest BCUT2D eigenvalue weighted by Crippen LogP contribution is -2.37. The molecule has 2 N–H and O–H groups in total. The zero-order valence-corrected chi connectivity index (χ0v) is 18.1. The van der Waals surface area contributed by atoms with Crippen molar-refractivity contribution in [3.63, 3.8) is 0 Å². The predicted octanol–water partition coefficient (Wildman–Crippen LogP) is 1.37. The molecule has 3 rings (SSSR count). The van der Waals surface area contributed by atoms with Crippen molar-refractivity contribution in [3.05, 3.63) is 65.1 Å². The second-order valence-corrected chi connectivity index (χ2v) is 8.24. The van der Waals surface area contributed by atoms with Gasteiger partial charge < -0.3 is 5.84 Å². The number of hydrogen-bond donors (Lipinski definition) is 1. The molecule has 3 aromatic heterocycles. The van der Waals surface area contributed by atoms with Gasteiger partial charge in [-0.05, 0) is 17.4 Å². The van der Waals surface area contributed by atoms with Gasteiger partial charge in [-0.2, -0.15) is 4.68 Å². The van der Waals surface area contributed by atoms with E-state index >= 15 is 0 Å². The number of nitrogens with two attached hydrogens (primary N) is 1. The molecule has 3 heterocycles. The third-order valence-corrected chi connectivity index (χ3v) is 4.69. The normalized spacial score (nSPS) is 10.9. The van der Waals surface area contributed by atoms with Gasteiger partial charge >= 0.3 is 0 Å². The number of nitrogens with zero attached hydrogens (tertiary/aromatic N) is 5. The van der Waals surface area contributed by atoms with Crippen LogP contribution in [0, 0.1) is 0 Å². The lowest BCUT2D eigenvalue weighted by atomic mass is 9.93. The monoisotopic (exact) mass is 400 g/mol. The van der Waals surface area contributed by atoms with Crippen molar-refractivity contribution in [2.45, 2.75) is 31.3 Å². The smallest absolute Gasteiger partial charge is 0.295 e. The number of thioether (sulfide) groups is 1. The molecule has 0 spiro atoms. The van der Waals surface area contributed by atoms with Crippen molar-refractivity contribution in [1.82, 2.24) is 14.9 Å². The first-order chi connectivity index (χ1) is 13.1. The first-order valence-electron chi connectivity index (χ1n) is 8.83. The van der Waals surface area contributed by atoms with Gasteiger partial charge in [0, 0.05) is 29.7 Å². The van der Waals surface area contributed by atoms with Crippen LogP contribution in [0.3, 0.4) is 0 Å². The van der Waals surface area contributed by atoms with Crippen LogP contribution in [0.25, 0.3) is 11.1 Å². The zero-order chi connectivity index (χ0) is 20.9. The largest absolute Gasteiger partial charge is 0.334 e. The summed E-state index contributed by atoms with van der Waals surface area (Å²) in [5, 5.41) is 8.19. The molecular formula is C20H28N6OS+2. The summed E-state index contributed by atoms with van der Waals surface area (Å²) in [5.41, 5.74) is 2.28. The Balaban J connectivity index is 0.000000200. The van der Waals surface area contributed by atoms with E-state index in [1.807, 2.05) is 44.0 Å². The van der Waals surface area contributed by atoms with E-state index in [4.69, 9.17) is 5.84 Å². The first kappa shape index (κ1) is 21.6. The van der Waals surface area contributed by atoms with E-state index in [0.717, 1.165) is 4.68 Å². The van der Waals surface area contributed by atoms with E-state index in [9.17, 15) is 4.79 Å². The van der Waals surface area contributed by atoms with Crippen LogP contribution in [0.1, 0.15) is 26.5 Å². The molecule has 7 nitrogen and oxygen atoms in total. The van der Waals surface area contributed by atoms with E-state index in [-0.39, 0.29) is 11.0 Å². The minimum atomic E-state index is -0.331. The van der Waals surface area contributed by atoms with Crippen LogP contribution >= 0.6 is 11.8 Å². The number of rotatable bonds is 2. The predicted molar refractivity (Wildman–Crippen MR) is 111 cm³/mol. The van der Waals surface area contributed by atoms with Crippen molar-refractivity contribution in [2.75, 3.05) is 12.1 Å². The van der Waals surface area contributed by atoms with Crippen molar-refractivity contribution in [3.8, 4) is 11.1 Å². The molecule has 0 aliphatic heterocycles. The number of pyridine rings is 2. The standard InChI is InChI=1S/C12H14N2.C8H14N4OS/c1-13-7-3-11(4-8-13)12-5-9-14(2)10-6-12;1-8(2,3)5-6(13)12(9)7(14-4)11-10-5/h3-10H,1-2H3;9H2,1-4H3/q+2;. The second kappa shape index (κ2) is 8.97. The SMILES string of the molecule is CSc1nnc(C(C)(C)C)c(=O)n1N.C[n+]1ccc(-c2cc[n+](C)cc2)cc1. The van der Waals surface area contributed by atoms with Gasteiger partial charge in [0.05, 0.1) is 0 Å². The molecule has 28 heavy (non-hydrogen) atoms. The fourth-order valence-corrected chi connectivity index (χ4v) is 2.78. The molecular weight excluding hydrogens is 372 g/mol. The van der Waals surface area contributed by atoms with Gasteiger partial charge in [0.2, 0.25) is 5.16 Å². The van der Waals surface area contributed by atoms with Crippen molar-refractivity contribution >= 4 is 11.8 Å². The van der Waals surface area contributed by atoms with Crippen molar-refractivity contribution < 1.29 is 9.13 Å². The van der Waals surface area contributed by atoms with E-state index in [1.165, 1.54) is 22.9 Å². The molecule has 148 valence electrons. The van der Waals surface area contributed by atoms with Crippen molar-refractivity contribution in [2.24, 2.45) is 14.1 Å².